The molecule has 0 heterocycles. The number of carbonyl (C=O) groups excluding carboxylic acids is 1. The molecule has 0 aliphatic carbocycles. The van der Waals surface area contributed by atoms with Crippen molar-refractivity contribution in [3.05, 3.63) is 39.9 Å². The number of halogens is 5. The van der Waals surface area contributed by atoms with Crippen molar-refractivity contribution in [1.82, 2.24) is 5.32 Å². The van der Waals surface area contributed by atoms with E-state index in [4.69, 9.17) is 23.2 Å². The molecule has 0 fully saturated rings. The number of nitrogens with one attached hydrogen (secondary N) is 1. The molecular weight excluding hydrogens is 555 g/mol. The van der Waals surface area contributed by atoms with Crippen LogP contribution in [0.15, 0.2) is 24.3 Å². The van der Waals surface area contributed by atoms with E-state index in [1.807, 2.05) is 45.2 Å². The van der Waals surface area contributed by atoms with Crippen molar-refractivity contribution in [2.45, 2.75) is 6.54 Å². The Kier molecular flexibility index (Phi) is 7.08. The van der Waals surface area contributed by atoms with E-state index in [0.717, 1.165) is 8.05 Å². The van der Waals surface area contributed by atoms with Gasteiger partial charge >= 0.3 is 0 Å². The predicted octanol–water partition coefficient (Wildman–Crippen LogP) is 5.04. The van der Waals surface area contributed by atoms with Crippen molar-refractivity contribution in [1.29, 1.82) is 0 Å². The summed E-state index contributed by atoms with van der Waals surface area (Å²) in [4.78, 5) is 11.7. The van der Waals surface area contributed by atoms with E-state index in [0.29, 0.717) is 20.2 Å². The third-order valence-corrected chi connectivity index (χ3v) is 6.15. The second-order valence-electron chi connectivity index (χ2n) is 2.99. The summed E-state index contributed by atoms with van der Waals surface area (Å²) in [7, 11) is 0. The molecule has 0 radical (unpaired) electrons. The lowest BCUT2D eigenvalue weighted by atomic mass is 10.2. The summed E-state index contributed by atoms with van der Waals surface area (Å²) in [6, 6.07) is 5.18. The zero-order valence-corrected chi connectivity index (χ0v) is 15.7. The van der Waals surface area contributed by atoms with Gasteiger partial charge in [-0.05, 0) is 78.8 Å². The summed E-state index contributed by atoms with van der Waals surface area (Å²) in [6.45, 7) is 0.373. The molecule has 17 heavy (non-hydrogen) atoms. The molecule has 0 bridgehead atoms. The molecule has 0 unspecified atom stereocenters. The second kappa shape index (κ2) is 7.52. The zero-order valence-electron chi connectivity index (χ0n) is 8.24. The predicted molar refractivity (Wildman–Crippen MR) is 92.3 cm³/mol. The summed E-state index contributed by atoms with van der Waals surface area (Å²) < 4.78 is 1.38. The molecule has 92 valence electrons. The van der Waals surface area contributed by atoms with Gasteiger partial charge in [0, 0.05) is 16.6 Å². The van der Waals surface area contributed by atoms with Gasteiger partial charge < -0.3 is 5.32 Å². The van der Waals surface area contributed by atoms with E-state index < -0.39 is 0 Å². The molecule has 0 aliphatic heterocycles. The fourth-order valence-corrected chi connectivity index (χ4v) is 2.09. The maximum absolute atomic E-state index is 11.7. The molecule has 1 N–H and O–H groups in total. The summed E-state index contributed by atoms with van der Waals surface area (Å²) in [5.41, 5.74) is 0.832. The molecule has 1 amide bonds. The minimum atomic E-state index is -0.141. The van der Waals surface area contributed by atoms with Crippen molar-refractivity contribution in [3.8, 4) is 0 Å². The van der Waals surface area contributed by atoms with Crippen molar-refractivity contribution in [3.63, 3.8) is 0 Å². The Hall–Kier alpha value is 0.950. The Morgan fingerprint density at radius 2 is 2.00 bits per heavy atom. The SMILES string of the molecule is O=C(NCc1ccc(Cl)cc1Cl)/C(I)=C(/Br)I. The first-order valence-electron chi connectivity index (χ1n) is 4.34. The molecular formula is C10H6BrCl2I2NO. The quantitative estimate of drug-likeness (QED) is 0.407. The molecule has 0 spiro atoms. The van der Waals surface area contributed by atoms with E-state index in [-0.39, 0.29) is 5.91 Å². The fraction of sp³-hybridized carbons (Fsp3) is 0.100. The zero-order chi connectivity index (χ0) is 13.0. The molecule has 1 aromatic carbocycles. The van der Waals surface area contributed by atoms with Crippen LogP contribution in [0.4, 0.5) is 0 Å². The summed E-state index contributed by atoms with van der Waals surface area (Å²) in [6.07, 6.45) is 0. The van der Waals surface area contributed by atoms with Gasteiger partial charge in [0.15, 0.2) is 0 Å². The lowest BCUT2D eigenvalue weighted by Crippen LogP contribution is -2.22. The number of hydrogen-bond acceptors (Lipinski definition) is 1. The van der Waals surface area contributed by atoms with Gasteiger partial charge in [-0.1, -0.05) is 29.3 Å². The molecule has 0 atom stereocenters. The van der Waals surface area contributed by atoms with E-state index >= 15 is 0 Å². The van der Waals surface area contributed by atoms with Crippen molar-refractivity contribution in [2.75, 3.05) is 0 Å². The van der Waals surface area contributed by atoms with Gasteiger partial charge in [-0.2, -0.15) is 0 Å². The molecule has 0 saturated heterocycles. The van der Waals surface area contributed by atoms with Gasteiger partial charge in [-0.25, -0.2) is 0 Å². The number of carbonyl (C=O) groups is 1. The Balaban J connectivity index is 2.69. The normalized spacial score (nSPS) is 12.1. The van der Waals surface area contributed by atoms with Crippen LogP contribution < -0.4 is 5.32 Å². The van der Waals surface area contributed by atoms with Crippen LogP contribution in [-0.4, -0.2) is 5.91 Å². The highest BCUT2D eigenvalue weighted by Gasteiger charge is 2.09. The maximum Gasteiger partial charge on any atom is 0.259 e. The van der Waals surface area contributed by atoms with Crippen LogP contribution in [0.1, 0.15) is 5.56 Å². The highest BCUT2D eigenvalue weighted by atomic mass is 127. The second-order valence-corrected chi connectivity index (χ2v) is 8.27. The Labute approximate surface area is 145 Å². The van der Waals surface area contributed by atoms with E-state index in [2.05, 4.69) is 21.2 Å². The van der Waals surface area contributed by atoms with E-state index in [1.165, 1.54) is 0 Å². The summed E-state index contributed by atoms with van der Waals surface area (Å²) >= 11 is 19.0. The molecule has 0 saturated carbocycles. The standard InChI is InChI=1S/C10H6BrCl2I2NO/c11-9(15)8(14)10(17)16-4-5-1-2-6(12)3-7(5)13/h1-3H,4H2,(H,16,17)/b9-8+. The molecule has 7 heteroatoms. The first kappa shape index (κ1) is 16.0. The van der Waals surface area contributed by atoms with Gasteiger partial charge in [0.1, 0.15) is 0 Å². The van der Waals surface area contributed by atoms with Crippen LogP contribution in [0.25, 0.3) is 0 Å². The van der Waals surface area contributed by atoms with Gasteiger partial charge in [0.25, 0.3) is 5.91 Å². The van der Waals surface area contributed by atoms with Crippen LogP contribution in [0.3, 0.4) is 0 Å². The van der Waals surface area contributed by atoms with E-state index in [1.54, 1.807) is 18.2 Å². The average Bonchev–Trinajstić information content (AvgIpc) is 2.26. The van der Waals surface area contributed by atoms with Crippen molar-refractivity contribution < 1.29 is 4.79 Å². The van der Waals surface area contributed by atoms with Crippen LogP contribution in [0.2, 0.25) is 10.0 Å². The van der Waals surface area contributed by atoms with Gasteiger partial charge in [-0.15, -0.1) is 0 Å². The van der Waals surface area contributed by atoms with Crippen LogP contribution >= 0.6 is 84.3 Å². The van der Waals surface area contributed by atoms with Crippen molar-refractivity contribution >= 4 is 90.2 Å². The first-order chi connectivity index (χ1) is 7.91. The number of benzene rings is 1. The highest BCUT2D eigenvalue weighted by molar-refractivity contribution is 14.1. The van der Waals surface area contributed by atoms with Gasteiger partial charge in [-0.3, -0.25) is 4.79 Å². The smallest absolute Gasteiger partial charge is 0.259 e. The molecule has 1 rings (SSSR count). The minimum Gasteiger partial charge on any atom is -0.347 e. The Morgan fingerprint density at radius 1 is 1.35 bits per heavy atom. The highest BCUT2D eigenvalue weighted by Crippen LogP contribution is 2.25. The number of hydrogen-bond donors (Lipinski definition) is 1. The molecule has 0 aliphatic rings. The largest absolute Gasteiger partial charge is 0.347 e. The minimum absolute atomic E-state index is 0.141. The monoisotopic (exact) mass is 559 g/mol. The van der Waals surface area contributed by atoms with E-state index in [9.17, 15) is 4.79 Å². The van der Waals surface area contributed by atoms with Crippen LogP contribution in [-0.2, 0) is 11.3 Å². The van der Waals surface area contributed by atoms with Crippen molar-refractivity contribution in [2.24, 2.45) is 0 Å². The Morgan fingerprint density at radius 3 is 2.53 bits per heavy atom. The summed E-state index contributed by atoms with van der Waals surface area (Å²) in [5.74, 6) is -0.141. The number of amides is 1. The first-order valence-corrected chi connectivity index (χ1v) is 8.05. The van der Waals surface area contributed by atoms with Crippen LogP contribution in [0.5, 0.6) is 0 Å². The lowest BCUT2D eigenvalue weighted by Gasteiger charge is -2.07. The average molecular weight is 561 g/mol. The molecule has 1 aromatic rings. The topological polar surface area (TPSA) is 29.1 Å². The lowest BCUT2D eigenvalue weighted by molar-refractivity contribution is -0.116. The molecule has 2 nitrogen and oxygen atoms in total. The number of rotatable bonds is 3. The van der Waals surface area contributed by atoms with Crippen LogP contribution in [0, 0.1) is 0 Å². The third kappa shape index (κ3) is 5.22. The van der Waals surface area contributed by atoms with Gasteiger partial charge in [0.05, 0.1) is 6.07 Å². The fourth-order valence-electron chi connectivity index (χ4n) is 1.00. The third-order valence-electron chi connectivity index (χ3n) is 1.82. The van der Waals surface area contributed by atoms with Gasteiger partial charge in [0.2, 0.25) is 0 Å². The molecule has 0 aromatic heterocycles. The maximum atomic E-state index is 11.7. The summed E-state index contributed by atoms with van der Waals surface area (Å²) in [5, 5.41) is 3.90. The Bertz CT molecular complexity index is 475.